The Morgan fingerprint density at radius 1 is 1.15 bits per heavy atom. The van der Waals surface area contributed by atoms with Crippen LogP contribution in [0.2, 0.25) is 0 Å². The molecule has 0 spiro atoms. The van der Waals surface area contributed by atoms with Gasteiger partial charge in [-0.1, -0.05) is 54.6 Å². The molecule has 4 aromatic rings. The van der Waals surface area contributed by atoms with Crippen molar-refractivity contribution in [1.82, 2.24) is 19.9 Å². The third-order valence-corrected chi connectivity index (χ3v) is 6.42. The first-order valence-electron chi connectivity index (χ1n) is 11.3. The van der Waals surface area contributed by atoms with Crippen molar-refractivity contribution < 1.29 is 14.8 Å². The standard InChI is InChI=1S/C26H26N4O3/c31-17-29(33)16-21(13-18-7-2-1-3-8-18)26(32)30-12-6-11-24(30)25-27-22-14-19-9-4-5-10-20(19)15-23(22)28-25/h1-5,7-10,14-15,17,21,24,33H,6,11-13,16H2,(H,27,28)/t21-,24+/m1/s1. The van der Waals surface area contributed by atoms with Crippen LogP contribution in [0.25, 0.3) is 21.8 Å². The van der Waals surface area contributed by atoms with Crippen molar-refractivity contribution in [3.05, 3.63) is 78.1 Å². The van der Waals surface area contributed by atoms with Gasteiger partial charge in [0.2, 0.25) is 12.3 Å². The van der Waals surface area contributed by atoms with Crippen molar-refractivity contribution in [3.8, 4) is 0 Å². The second-order valence-corrected chi connectivity index (χ2v) is 8.64. The zero-order valence-electron chi connectivity index (χ0n) is 18.2. The number of carbonyl (C=O) groups excluding carboxylic acids is 2. The molecule has 2 amide bonds. The number of H-pyrrole nitrogens is 1. The van der Waals surface area contributed by atoms with E-state index in [9.17, 15) is 14.8 Å². The summed E-state index contributed by atoms with van der Waals surface area (Å²) in [6.45, 7) is 0.576. The van der Waals surface area contributed by atoms with E-state index in [2.05, 4.69) is 29.2 Å². The van der Waals surface area contributed by atoms with Crippen LogP contribution in [0.15, 0.2) is 66.7 Å². The van der Waals surface area contributed by atoms with Gasteiger partial charge >= 0.3 is 0 Å². The molecule has 2 atom stereocenters. The Balaban J connectivity index is 1.43. The predicted molar refractivity (Wildman–Crippen MR) is 125 cm³/mol. The largest absolute Gasteiger partial charge is 0.340 e. The first kappa shape index (κ1) is 21.2. The molecule has 5 rings (SSSR count). The van der Waals surface area contributed by atoms with Crippen LogP contribution in [0, 0.1) is 5.92 Å². The van der Waals surface area contributed by atoms with Crippen LogP contribution >= 0.6 is 0 Å². The lowest BCUT2D eigenvalue weighted by molar-refractivity contribution is -0.157. The molecule has 0 bridgehead atoms. The summed E-state index contributed by atoms with van der Waals surface area (Å²) in [6, 6.07) is 21.8. The Morgan fingerprint density at radius 3 is 2.64 bits per heavy atom. The number of hydrogen-bond donors (Lipinski definition) is 2. The van der Waals surface area contributed by atoms with Gasteiger partial charge in [-0.15, -0.1) is 0 Å². The Bertz CT molecular complexity index is 1230. The minimum absolute atomic E-state index is 0.0496. The van der Waals surface area contributed by atoms with Crippen molar-refractivity contribution in [2.45, 2.75) is 25.3 Å². The fourth-order valence-corrected chi connectivity index (χ4v) is 4.82. The number of aromatic nitrogens is 2. The zero-order valence-corrected chi connectivity index (χ0v) is 18.2. The van der Waals surface area contributed by atoms with Crippen molar-refractivity contribution >= 4 is 34.1 Å². The number of nitrogens with one attached hydrogen (secondary N) is 1. The number of nitrogens with zero attached hydrogens (tertiary/aromatic N) is 3. The average Bonchev–Trinajstić information content (AvgIpc) is 3.49. The van der Waals surface area contributed by atoms with E-state index in [-0.39, 0.29) is 18.5 Å². The molecule has 1 aliphatic heterocycles. The summed E-state index contributed by atoms with van der Waals surface area (Å²) < 4.78 is 0. The summed E-state index contributed by atoms with van der Waals surface area (Å²) >= 11 is 0. The summed E-state index contributed by atoms with van der Waals surface area (Å²) in [5, 5.41) is 12.7. The topological polar surface area (TPSA) is 89.5 Å². The summed E-state index contributed by atoms with van der Waals surface area (Å²) in [5.74, 6) is 0.156. The Kier molecular flexibility index (Phi) is 5.79. The maximum atomic E-state index is 13.6. The molecule has 0 saturated carbocycles. The van der Waals surface area contributed by atoms with Crippen LogP contribution in [0.4, 0.5) is 0 Å². The van der Waals surface area contributed by atoms with E-state index >= 15 is 0 Å². The van der Waals surface area contributed by atoms with Gasteiger partial charge in [-0.2, -0.15) is 0 Å². The van der Waals surface area contributed by atoms with E-state index in [1.165, 1.54) is 0 Å². The van der Waals surface area contributed by atoms with Gasteiger partial charge in [0, 0.05) is 6.54 Å². The molecule has 7 heteroatoms. The van der Waals surface area contributed by atoms with Gasteiger partial charge in [0.05, 0.1) is 29.5 Å². The van der Waals surface area contributed by atoms with Crippen molar-refractivity contribution in [1.29, 1.82) is 0 Å². The fourth-order valence-electron chi connectivity index (χ4n) is 4.82. The molecule has 1 saturated heterocycles. The van der Waals surface area contributed by atoms with Gasteiger partial charge in [0.15, 0.2) is 0 Å². The minimum Gasteiger partial charge on any atom is -0.340 e. The van der Waals surface area contributed by atoms with Gasteiger partial charge in [-0.25, -0.2) is 10.0 Å². The fraction of sp³-hybridized carbons (Fsp3) is 0.269. The first-order chi connectivity index (χ1) is 16.1. The highest BCUT2D eigenvalue weighted by Gasteiger charge is 2.36. The summed E-state index contributed by atoms with van der Waals surface area (Å²) in [5.41, 5.74) is 2.82. The quantitative estimate of drug-likeness (QED) is 0.256. The second kappa shape index (κ2) is 9.03. The van der Waals surface area contributed by atoms with Crippen LogP contribution in [0.1, 0.15) is 30.3 Å². The molecule has 2 N–H and O–H groups in total. The number of imidazole rings is 1. The number of benzene rings is 3. The summed E-state index contributed by atoms with van der Waals surface area (Å²) in [7, 11) is 0. The predicted octanol–water partition coefficient (Wildman–Crippen LogP) is 4.09. The molecular weight excluding hydrogens is 416 g/mol. The number of carbonyl (C=O) groups is 2. The van der Waals surface area contributed by atoms with Crippen LogP contribution in [-0.2, 0) is 16.0 Å². The van der Waals surface area contributed by atoms with Crippen molar-refractivity contribution in [2.75, 3.05) is 13.1 Å². The van der Waals surface area contributed by atoms with Crippen LogP contribution < -0.4 is 0 Å². The second-order valence-electron chi connectivity index (χ2n) is 8.64. The van der Waals surface area contributed by atoms with Crippen LogP contribution in [0.5, 0.6) is 0 Å². The van der Waals surface area contributed by atoms with Gasteiger partial charge in [0.1, 0.15) is 5.82 Å². The van der Waals surface area contributed by atoms with Gasteiger partial charge < -0.3 is 9.88 Å². The van der Waals surface area contributed by atoms with E-state index in [0.29, 0.717) is 24.4 Å². The number of amides is 2. The normalized spacial score (nSPS) is 16.9. The molecule has 1 fully saturated rings. The minimum atomic E-state index is -0.546. The summed E-state index contributed by atoms with van der Waals surface area (Å²) in [6.07, 6.45) is 2.49. The number of rotatable bonds is 7. The van der Waals surface area contributed by atoms with Crippen LogP contribution in [-0.4, -0.2) is 50.5 Å². The lowest BCUT2D eigenvalue weighted by Crippen LogP contribution is -2.41. The molecule has 0 aliphatic carbocycles. The number of aromatic amines is 1. The molecule has 0 radical (unpaired) electrons. The first-order valence-corrected chi connectivity index (χ1v) is 11.3. The molecule has 3 aromatic carbocycles. The average molecular weight is 443 g/mol. The maximum Gasteiger partial charge on any atom is 0.233 e. The van der Waals surface area contributed by atoms with E-state index in [0.717, 1.165) is 46.0 Å². The molecular formula is C26H26N4O3. The lowest BCUT2D eigenvalue weighted by Gasteiger charge is -2.29. The smallest absolute Gasteiger partial charge is 0.233 e. The molecule has 168 valence electrons. The number of likely N-dealkylation sites (tertiary alicyclic amines) is 1. The Hall–Kier alpha value is -3.71. The zero-order chi connectivity index (χ0) is 22.8. The number of hydrogen-bond acceptors (Lipinski definition) is 4. The van der Waals surface area contributed by atoms with E-state index in [1.54, 1.807) is 0 Å². The molecule has 1 aromatic heterocycles. The molecule has 2 heterocycles. The molecule has 0 unspecified atom stereocenters. The Labute approximate surface area is 191 Å². The highest BCUT2D eigenvalue weighted by atomic mass is 16.5. The number of fused-ring (bicyclic) bond motifs is 2. The van der Waals surface area contributed by atoms with Gasteiger partial charge in [-0.3, -0.25) is 14.8 Å². The highest BCUT2D eigenvalue weighted by molar-refractivity contribution is 5.95. The van der Waals surface area contributed by atoms with Crippen LogP contribution in [0.3, 0.4) is 0 Å². The third-order valence-electron chi connectivity index (χ3n) is 6.42. The maximum absolute atomic E-state index is 13.6. The van der Waals surface area contributed by atoms with Gasteiger partial charge in [-0.05, 0) is 47.7 Å². The van der Waals surface area contributed by atoms with Crippen molar-refractivity contribution in [3.63, 3.8) is 0 Å². The SMILES string of the molecule is O=CN(O)C[C@@H](Cc1ccccc1)C(=O)N1CCC[C@H]1c1nc2cc3ccccc3cc2[nH]1. The lowest BCUT2D eigenvalue weighted by atomic mass is 9.97. The highest BCUT2D eigenvalue weighted by Crippen LogP contribution is 2.34. The molecule has 33 heavy (non-hydrogen) atoms. The summed E-state index contributed by atoms with van der Waals surface area (Å²) in [4.78, 5) is 34.8. The van der Waals surface area contributed by atoms with E-state index in [1.807, 2.05) is 47.4 Å². The Morgan fingerprint density at radius 2 is 1.88 bits per heavy atom. The number of hydroxylamine groups is 2. The monoisotopic (exact) mass is 442 g/mol. The van der Waals surface area contributed by atoms with Crippen molar-refractivity contribution in [2.24, 2.45) is 5.92 Å². The molecule has 1 aliphatic rings. The molecule has 7 nitrogen and oxygen atoms in total. The third kappa shape index (κ3) is 4.32. The van der Waals surface area contributed by atoms with E-state index < -0.39 is 5.92 Å². The van der Waals surface area contributed by atoms with Gasteiger partial charge in [0.25, 0.3) is 0 Å². The van der Waals surface area contributed by atoms with E-state index in [4.69, 9.17) is 4.98 Å².